The second-order valence-electron chi connectivity index (χ2n) is 6.01. The molecule has 1 aliphatic carbocycles. The Balaban J connectivity index is 1.63. The van der Waals surface area contributed by atoms with Crippen LogP contribution in [0.25, 0.3) is 0 Å². The van der Waals surface area contributed by atoms with E-state index in [0.717, 1.165) is 25.0 Å². The smallest absolute Gasteiger partial charge is 0.245 e. The second kappa shape index (κ2) is 5.66. The number of benzene rings is 1. The number of amides is 2. The SMILES string of the molecule is CC(C(=O)NC1CCN(C2CC2)C1=O)c1ccc(F)c(F)c1. The van der Waals surface area contributed by atoms with Crippen molar-refractivity contribution in [3.8, 4) is 0 Å². The van der Waals surface area contributed by atoms with Crippen molar-refractivity contribution in [1.29, 1.82) is 0 Å². The number of likely N-dealkylation sites (tertiary alicyclic amines) is 1. The van der Waals surface area contributed by atoms with Gasteiger partial charge in [-0.1, -0.05) is 6.07 Å². The van der Waals surface area contributed by atoms with Crippen LogP contribution in [-0.2, 0) is 9.59 Å². The van der Waals surface area contributed by atoms with Crippen molar-refractivity contribution in [1.82, 2.24) is 10.2 Å². The molecule has 0 bridgehead atoms. The van der Waals surface area contributed by atoms with Gasteiger partial charge in [-0.25, -0.2) is 8.78 Å². The Labute approximate surface area is 127 Å². The van der Waals surface area contributed by atoms with Crippen LogP contribution in [0.5, 0.6) is 0 Å². The number of carbonyl (C=O) groups excluding carboxylic acids is 2. The van der Waals surface area contributed by atoms with Gasteiger partial charge in [-0.15, -0.1) is 0 Å². The van der Waals surface area contributed by atoms with Crippen LogP contribution in [0, 0.1) is 11.6 Å². The van der Waals surface area contributed by atoms with E-state index in [2.05, 4.69) is 5.32 Å². The molecular weight excluding hydrogens is 290 g/mol. The molecule has 1 aromatic carbocycles. The molecule has 118 valence electrons. The van der Waals surface area contributed by atoms with Gasteiger partial charge in [-0.05, 0) is 43.9 Å². The van der Waals surface area contributed by atoms with Gasteiger partial charge < -0.3 is 10.2 Å². The van der Waals surface area contributed by atoms with Gasteiger partial charge >= 0.3 is 0 Å². The molecule has 2 unspecified atom stereocenters. The highest BCUT2D eigenvalue weighted by Gasteiger charge is 2.41. The van der Waals surface area contributed by atoms with Crippen molar-refractivity contribution in [3.63, 3.8) is 0 Å². The molecular formula is C16H18F2N2O2. The number of rotatable bonds is 4. The highest BCUT2D eigenvalue weighted by atomic mass is 19.2. The van der Waals surface area contributed by atoms with E-state index in [-0.39, 0.29) is 11.8 Å². The average molecular weight is 308 g/mol. The van der Waals surface area contributed by atoms with Crippen molar-refractivity contribution in [3.05, 3.63) is 35.4 Å². The lowest BCUT2D eigenvalue weighted by atomic mass is 9.99. The molecule has 1 saturated carbocycles. The van der Waals surface area contributed by atoms with E-state index in [4.69, 9.17) is 0 Å². The first-order valence-electron chi connectivity index (χ1n) is 7.53. The first kappa shape index (κ1) is 14.9. The van der Waals surface area contributed by atoms with Gasteiger partial charge in [-0.3, -0.25) is 9.59 Å². The van der Waals surface area contributed by atoms with Crippen LogP contribution in [0.1, 0.15) is 37.7 Å². The summed E-state index contributed by atoms with van der Waals surface area (Å²) in [6.07, 6.45) is 2.68. The van der Waals surface area contributed by atoms with Crippen molar-refractivity contribution in [2.75, 3.05) is 6.54 Å². The van der Waals surface area contributed by atoms with Crippen LogP contribution < -0.4 is 5.32 Å². The fourth-order valence-electron chi connectivity index (χ4n) is 2.81. The Morgan fingerprint density at radius 2 is 2.00 bits per heavy atom. The van der Waals surface area contributed by atoms with E-state index in [0.29, 0.717) is 24.6 Å². The third-order valence-corrected chi connectivity index (χ3v) is 4.38. The molecule has 1 aliphatic heterocycles. The fourth-order valence-corrected chi connectivity index (χ4v) is 2.81. The molecule has 0 spiro atoms. The topological polar surface area (TPSA) is 49.4 Å². The van der Waals surface area contributed by atoms with Gasteiger partial charge in [-0.2, -0.15) is 0 Å². The van der Waals surface area contributed by atoms with E-state index in [1.807, 2.05) is 4.90 Å². The van der Waals surface area contributed by atoms with Crippen LogP contribution in [0.2, 0.25) is 0 Å². The summed E-state index contributed by atoms with van der Waals surface area (Å²) in [4.78, 5) is 26.2. The molecule has 1 aromatic rings. The van der Waals surface area contributed by atoms with Crippen LogP contribution in [-0.4, -0.2) is 35.3 Å². The minimum atomic E-state index is -0.978. The van der Waals surface area contributed by atoms with Gasteiger partial charge in [0.05, 0.1) is 5.92 Å². The maximum absolute atomic E-state index is 13.2. The summed E-state index contributed by atoms with van der Waals surface area (Å²) in [7, 11) is 0. The highest BCUT2D eigenvalue weighted by molar-refractivity contribution is 5.91. The maximum Gasteiger partial charge on any atom is 0.245 e. The first-order chi connectivity index (χ1) is 10.5. The summed E-state index contributed by atoms with van der Waals surface area (Å²) in [5.41, 5.74) is 0.390. The number of hydrogen-bond donors (Lipinski definition) is 1. The quantitative estimate of drug-likeness (QED) is 0.924. The summed E-state index contributed by atoms with van der Waals surface area (Å²) in [5.74, 6) is -2.94. The number of nitrogens with one attached hydrogen (secondary N) is 1. The lowest BCUT2D eigenvalue weighted by molar-refractivity contribution is -0.133. The second-order valence-corrected chi connectivity index (χ2v) is 6.01. The highest BCUT2D eigenvalue weighted by Crippen LogP contribution is 2.30. The third kappa shape index (κ3) is 2.82. The minimum Gasteiger partial charge on any atom is -0.344 e. The molecule has 2 aliphatic rings. The zero-order valence-corrected chi connectivity index (χ0v) is 12.3. The molecule has 0 aromatic heterocycles. The summed E-state index contributed by atoms with van der Waals surface area (Å²) < 4.78 is 26.2. The molecule has 1 heterocycles. The molecule has 3 rings (SSSR count). The molecule has 6 heteroatoms. The molecule has 1 N–H and O–H groups in total. The van der Waals surface area contributed by atoms with Crippen molar-refractivity contribution in [2.45, 2.75) is 44.2 Å². The Hall–Kier alpha value is -1.98. The van der Waals surface area contributed by atoms with Crippen LogP contribution in [0.15, 0.2) is 18.2 Å². The van der Waals surface area contributed by atoms with Gasteiger partial charge in [0, 0.05) is 12.6 Å². The zero-order valence-electron chi connectivity index (χ0n) is 12.3. The number of halogens is 2. The molecule has 2 amide bonds. The standard InChI is InChI=1S/C16H18F2N2O2/c1-9(10-2-5-12(17)13(18)8-10)15(21)19-14-6-7-20(16(14)22)11-3-4-11/h2,5,8-9,11,14H,3-4,6-7H2,1H3,(H,19,21). The summed E-state index contributed by atoms with van der Waals surface area (Å²) >= 11 is 0. The normalized spacial score (nSPS) is 22.8. The van der Waals surface area contributed by atoms with Crippen molar-refractivity contribution in [2.24, 2.45) is 0 Å². The molecule has 2 atom stereocenters. The molecule has 2 fully saturated rings. The van der Waals surface area contributed by atoms with Crippen LogP contribution in [0.3, 0.4) is 0 Å². The molecule has 4 nitrogen and oxygen atoms in total. The third-order valence-electron chi connectivity index (χ3n) is 4.38. The summed E-state index contributed by atoms with van der Waals surface area (Å²) in [6.45, 7) is 2.29. The first-order valence-corrected chi connectivity index (χ1v) is 7.53. The predicted molar refractivity (Wildman–Crippen MR) is 76.1 cm³/mol. The Bertz CT molecular complexity index is 616. The Morgan fingerprint density at radius 1 is 1.27 bits per heavy atom. The molecule has 0 radical (unpaired) electrons. The van der Waals surface area contributed by atoms with Gasteiger partial charge in [0.25, 0.3) is 0 Å². The monoisotopic (exact) mass is 308 g/mol. The van der Waals surface area contributed by atoms with Gasteiger partial charge in [0.1, 0.15) is 6.04 Å². The average Bonchev–Trinajstić information content (AvgIpc) is 3.27. The lowest BCUT2D eigenvalue weighted by Gasteiger charge is -2.18. The zero-order chi connectivity index (χ0) is 15.9. The van der Waals surface area contributed by atoms with Crippen molar-refractivity contribution < 1.29 is 18.4 Å². The Morgan fingerprint density at radius 3 is 2.64 bits per heavy atom. The fraction of sp³-hybridized carbons (Fsp3) is 0.500. The molecule has 1 saturated heterocycles. The van der Waals surface area contributed by atoms with E-state index >= 15 is 0 Å². The van der Waals surface area contributed by atoms with Crippen molar-refractivity contribution >= 4 is 11.8 Å². The van der Waals surface area contributed by atoms with Gasteiger partial charge in [0.15, 0.2) is 11.6 Å². The maximum atomic E-state index is 13.2. The van der Waals surface area contributed by atoms with E-state index in [9.17, 15) is 18.4 Å². The van der Waals surface area contributed by atoms with E-state index in [1.54, 1.807) is 6.92 Å². The number of carbonyl (C=O) groups is 2. The Kier molecular flexibility index (Phi) is 3.85. The minimum absolute atomic E-state index is 0.0339. The van der Waals surface area contributed by atoms with Crippen LogP contribution >= 0.6 is 0 Å². The largest absolute Gasteiger partial charge is 0.344 e. The van der Waals surface area contributed by atoms with Gasteiger partial charge in [0.2, 0.25) is 11.8 Å². The van der Waals surface area contributed by atoms with E-state index in [1.165, 1.54) is 6.07 Å². The molecule has 22 heavy (non-hydrogen) atoms. The lowest BCUT2D eigenvalue weighted by Crippen LogP contribution is -2.43. The summed E-state index contributed by atoms with van der Waals surface area (Å²) in [6, 6.07) is 3.26. The summed E-state index contributed by atoms with van der Waals surface area (Å²) in [5, 5.41) is 2.73. The van der Waals surface area contributed by atoms with Crippen LogP contribution in [0.4, 0.5) is 8.78 Å². The van der Waals surface area contributed by atoms with E-state index < -0.39 is 23.6 Å². The predicted octanol–water partition coefficient (Wildman–Crippen LogP) is 1.95. The number of nitrogens with zero attached hydrogens (tertiary/aromatic N) is 1. The number of hydrogen-bond acceptors (Lipinski definition) is 2.